The van der Waals surface area contributed by atoms with Crippen LogP contribution in [0.25, 0.3) is 6.08 Å². The Morgan fingerprint density at radius 2 is 1.32 bits per heavy atom. The topological polar surface area (TPSA) is 162 Å². The standard InChI is InChI=1S/C49H56N2O11/c1-5-45(52)58-29-12-8-6-10-27-57-40-23-19-37(20-24-40)49(55)61-43-26-25-41(31-38(43)32-50-33-44-51-42-16-14-15-35(4)46(42)62-44)60-48(54)36-17-21-39(22-18-36)56-28-11-7-9-13-30-59-47(53)34(2)3/h5,14,16-26,31-32,34-35H,1,6-13,15,27-30,33H2,2-4H3/b50-32+. The molecule has 1 aliphatic rings. The molecule has 13 nitrogen and oxygen atoms in total. The number of benzene rings is 3. The van der Waals surface area contributed by atoms with Crippen molar-refractivity contribution in [2.75, 3.05) is 26.4 Å². The third-order valence-corrected chi connectivity index (χ3v) is 9.71. The third kappa shape index (κ3) is 15.2. The quantitative estimate of drug-likeness (QED) is 0.0204. The Labute approximate surface area is 363 Å². The molecular formula is C49H56N2O11. The summed E-state index contributed by atoms with van der Waals surface area (Å²) in [5.74, 6) is 1.29. The van der Waals surface area contributed by atoms with Gasteiger partial charge in [-0.2, -0.15) is 0 Å². The smallest absolute Gasteiger partial charge is 0.343 e. The second kappa shape index (κ2) is 24.7. The first-order valence-corrected chi connectivity index (χ1v) is 21.3. The molecule has 0 saturated carbocycles. The molecule has 4 aromatic rings. The van der Waals surface area contributed by atoms with Gasteiger partial charge in [-0.15, -0.1) is 0 Å². The lowest BCUT2D eigenvalue weighted by molar-refractivity contribution is -0.147. The SMILES string of the molecule is C=CC(=O)OCCCCCCOc1ccc(C(=O)Oc2ccc(OC(=O)c3ccc(OCCCCCCOC(=O)C(C)C)cc3)cc2/C=N/Cc2nc3c(o2)C(C)CC=C3)cc1. The van der Waals surface area contributed by atoms with Gasteiger partial charge in [0.25, 0.3) is 0 Å². The largest absolute Gasteiger partial charge is 0.494 e. The highest BCUT2D eigenvalue weighted by atomic mass is 16.5. The van der Waals surface area contributed by atoms with Gasteiger partial charge in [-0.1, -0.05) is 33.4 Å². The van der Waals surface area contributed by atoms with Crippen LogP contribution in [0.15, 0.2) is 94.9 Å². The summed E-state index contributed by atoms with van der Waals surface area (Å²) < 4.78 is 39.4. The molecule has 0 amide bonds. The fourth-order valence-corrected chi connectivity index (χ4v) is 6.19. The van der Waals surface area contributed by atoms with Gasteiger partial charge in [-0.25, -0.2) is 19.4 Å². The molecule has 328 valence electrons. The number of allylic oxidation sites excluding steroid dienone is 1. The van der Waals surface area contributed by atoms with Crippen LogP contribution in [0.4, 0.5) is 0 Å². The fraction of sp³-hybridized carbons (Fsp3) is 0.388. The molecular weight excluding hydrogens is 793 g/mol. The van der Waals surface area contributed by atoms with Gasteiger partial charge in [0, 0.05) is 23.8 Å². The maximum absolute atomic E-state index is 13.3. The minimum absolute atomic E-state index is 0.119. The van der Waals surface area contributed by atoms with Crippen molar-refractivity contribution in [3.63, 3.8) is 0 Å². The van der Waals surface area contributed by atoms with Crippen molar-refractivity contribution in [2.24, 2.45) is 10.9 Å². The highest BCUT2D eigenvalue weighted by Crippen LogP contribution is 2.30. The van der Waals surface area contributed by atoms with Crippen LogP contribution in [0.5, 0.6) is 23.0 Å². The number of hydrogen-bond acceptors (Lipinski definition) is 13. The van der Waals surface area contributed by atoms with Crippen LogP contribution in [-0.4, -0.2) is 61.5 Å². The van der Waals surface area contributed by atoms with Crippen LogP contribution < -0.4 is 18.9 Å². The minimum Gasteiger partial charge on any atom is -0.494 e. The Morgan fingerprint density at radius 1 is 0.758 bits per heavy atom. The van der Waals surface area contributed by atoms with Gasteiger partial charge in [0.15, 0.2) is 0 Å². The van der Waals surface area contributed by atoms with E-state index in [4.69, 9.17) is 32.8 Å². The first-order chi connectivity index (χ1) is 30.1. The maximum atomic E-state index is 13.3. The van der Waals surface area contributed by atoms with Crippen LogP contribution in [0, 0.1) is 5.92 Å². The molecule has 0 saturated heterocycles. The van der Waals surface area contributed by atoms with Crippen molar-refractivity contribution in [1.29, 1.82) is 0 Å². The summed E-state index contributed by atoms with van der Waals surface area (Å²) in [4.78, 5) is 58.3. The van der Waals surface area contributed by atoms with Gasteiger partial charge in [-0.05, 0) is 131 Å². The Hall–Kier alpha value is -6.50. The molecule has 1 aliphatic carbocycles. The summed E-state index contributed by atoms with van der Waals surface area (Å²) in [5.41, 5.74) is 1.83. The molecule has 0 N–H and O–H groups in total. The number of ether oxygens (including phenoxy) is 6. The molecule has 3 aromatic carbocycles. The summed E-state index contributed by atoms with van der Waals surface area (Å²) >= 11 is 0. The van der Waals surface area contributed by atoms with E-state index < -0.39 is 17.9 Å². The average molecular weight is 849 g/mol. The van der Waals surface area contributed by atoms with Gasteiger partial charge in [0.1, 0.15) is 41.0 Å². The van der Waals surface area contributed by atoms with Gasteiger partial charge < -0.3 is 32.8 Å². The first-order valence-electron chi connectivity index (χ1n) is 21.3. The number of unbranched alkanes of at least 4 members (excludes halogenated alkanes) is 6. The lowest BCUT2D eigenvalue weighted by atomic mass is 9.98. The second-order valence-electron chi connectivity index (χ2n) is 15.1. The first kappa shape index (κ1) is 46.6. The molecule has 0 spiro atoms. The maximum Gasteiger partial charge on any atom is 0.343 e. The molecule has 0 bridgehead atoms. The zero-order valence-electron chi connectivity index (χ0n) is 35.8. The number of fused-ring (bicyclic) bond motifs is 1. The monoisotopic (exact) mass is 848 g/mol. The average Bonchev–Trinajstić information content (AvgIpc) is 3.70. The predicted molar refractivity (Wildman–Crippen MR) is 234 cm³/mol. The molecule has 62 heavy (non-hydrogen) atoms. The lowest BCUT2D eigenvalue weighted by Crippen LogP contribution is -2.12. The van der Waals surface area contributed by atoms with Crippen molar-refractivity contribution in [2.45, 2.75) is 91.0 Å². The Balaban J connectivity index is 1.15. The molecule has 0 radical (unpaired) electrons. The Bertz CT molecular complexity index is 2150. The number of hydrogen-bond donors (Lipinski definition) is 0. The second-order valence-corrected chi connectivity index (χ2v) is 15.1. The third-order valence-electron chi connectivity index (χ3n) is 9.71. The van der Waals surface area contributed by atoms with Crippen molar-refractivity contribution < 1.29 is 52.0 Å². The minimum atomic E-state index is -0.596. The normalized spacial score (nSPS) is 13.1. The van der Waals surface area contributed by atoms with Gasteiger partial charge in [0.2, 0.25) is 5.89 Å². The molecule has 5 rings (SSSR count). The molecule has 13 heteroatoms. The Kier molecular flexibility index (Phi) is 18.5. The van der Waals surface area contributed by atoms with E-state index in [9.17, 15) is 19.2 Å². The van der Waals surface area contributed by atoms with Crippen LogP contribution in [0.3, 0.4) is 0 Å². The zero-order valence-corrected chi connectivity index (χ0v) is 35.8. The van der Waals surface area contributed by atoms with E-state index in [1.54, 1.807) is 66.7 Å². The highest BCUT2D eigenvalue weighted by Gasteiger charge is 2.20. The molecule has 1 heterocycles. The van der Waals surface area contributed by atoms with Gasteiger partial charge >= 0.3 is 23.9 Å². The molecule has 0 aliphatic heterocycles. The van der Waals surface area contributed by atoms with Crippen LogP contribution in [-0.2, 0) is 25.6 Å². The highest BCUT2D eigenvalue weighted by molar-refractivity contribution is 5.94. The fourth-order valence-electron chi connectivity index (χ4n) is 6.19. The molecule has 1 unspecified atom stereocenters. The molecule has 1 atom stereocenters. The number of rotatable bonds is 25. The van der Waals surface area contributed by atoms with E-state index in [-0.39, 0.29) is 35.8 Å². The summed E-state index contributed by atoms with van der Waals surface area (Å²) in [6.45, 7) is 11.1. The Morgan fingerprint density at radius 3 is 1.90 bits per heavy atom. The number of carbonyl (C=O) groups excluding carboxylic acids is 4. The van der Waals surface area contributed by atoms with E-state index in [2.05, 4.69) is 29.6 Å². The molecule has 0 fully saturated rings. The van der Waals surface area contributed by atoms with Crippen molar-refractivity contribution in [3.8, 4) is 23.0 Å². The number of aromatic nitrogens is 1. The van der Waals surface area contributed by atoms with E-state index in [1.807, 2.05) is 19.9 Å². The van der Waals surface area contributed by atoms with E-state index in [1.165, 1.54) is 6.21 Å². The van der Waals surface area contributed by atoms with E-state index in [0.29, 0.717) is 60.5 Å². The van der Waals surface area contributed by atoms with Crippen LogP contribution >= 0.6 is 0 Å². The summed E-state index contributed by atoms with van der Waals surface area (Å²) in [6.07, 6.45) is 14.5. The number of oxazole rings is 1. The van der Waals surface area contributed by atoms with Crippen molar-refractivity contribution in [3.05, 3.63) is 119 Å². The summed E-state index contributed by atoms with van der Waals surface area (Å²) in [6, 6.07) is 18.1. The number of esters is 4. The zero-order chi connectivity index (χ0) is 44.1. The predicted octanol–water partition coefficient (Wildman–Crippen LogP) is 10.1. The van der Waals surface area contributed by atoms with Crippen LogP contribution in [0.1, 0.15) is 128 Å². The van der Waals surface area contributed by atoms with Crippen molar-refractivity contribution in [1.82, 2.24) is 4.98 Å². The van der Waals surface area contributed by atoms with Crippen molar-refractivity contribution >= 4 is 36.2 Å². The summed E-state index contributed by atoms with van der Waals surface area (Å²) in [7, 11) is 0. The number of aliphatic imine (C=N–C) groups is 1. The van der Waals surface area contributed by atoms with Gasteiger partial charge in [-0.3, -0.25) is 9.79 Å². The lowest BCUT2D eigenvalue weighted by Gasteiger charge is -2.11. The summed E-state index contributed by atoms with van der Waals surface area (Å²) in [5, 5.41) is 0. The van der Waals surface area contributed by atoms with E-state index in [0.717, 1.165) is 75.3 Å². The number of nitrogens with zero attached hydrogens (tertiary/aromatic N) is 2. The van der Waals surface area contributed by atoms with Gasteiger partial charge in [0.05, 0.1) is 43.5 Å². The number of carbonyl (C=O) groups is 4. The van der Waals surface area contributed by atoms with E-state index >= 15 is 0 Å². The van der Waals surface area contributed by atoms with Crippen LogP contribution in [0.2, 0.25) is 0 Å². The molecule has 1 aromatic heterocycles.